The molecule has 6 heteroatoms. The lowest BCUT2D eigenvalue weighted by molar-refractivity contribution is -0.117. The Labute approximate surface area is 47.1 Å². The fraction of sp³-hybridized carbons (Fsp3) is 0.500. The Balaban J connectivity index is 3.95. The summed E-state index contributed by atoms with van der Waals surface area (Å²) in [5, 5.41) is 4.32. The van der Waals surface area contributed by atoms with E-state index in [0.29, 0.717) is 0 Å². The van der Waals surface area contributed by atoms with Gasteiger partial charge in [0.15, 0.2) is 0 Å². The number of nitrogens with two attached hydrogens (primary N) is 1. The van der Waals surface area contributed by atoms with Gasteiger partial charge in [-0.25, -0.2) is 5.14 Å². The van der Waals surface area contributed by atoms with Gasteiger partial charge in [0.2, 0.25) is 0 Å². The summed E-state index contributed by atoms with van der Waals surface area (Å²) in [5.74, 6) is -0.812. The molecule has 0 unspecified atom stereocenters. The number of nitrogens with zero attached hydrogens (tertiary/aromatic N) is 1. The number of rotatable bonds is 1. The molecular weight excluding hydrogens is 132 g/mol. The zero-order chi connectivity index (χ0) is 6.78. The highest BCUT2D eigenvalue weighted by molar-refractivity contribution is 7.87. The van der Waals surface area contributed by atoms with E-state index in [0.717, 1.165) is 6.92 Å². The second-order valence-electron chi connectivity index (χ2n) is 1.13. The molecule has 0 aromatic heterocycles. The molecule has 0 heterocycles. The summed E-state index contributed by atoms with van der Waals surface area (Å²) in [4.78, 5) is 9.83. The van der Waals surface area contributed by atoms with E-state index >= 15 is 0 Å². The van der Waals surface area contributed by atoms with E-state index in [1.54, 1.807) is 0 Å². The van der Waals surface area contributed by atoms with Crippen molar-refractivity contribution in [3.8, 4) is 0 Å². The highest BCUT2D eigenvalue weighted by atomic mass is 32.2. The molecule has 1 radical (unpaired) electrons. The van der Waals surface area contributed by atoms with Gasteiger partial charge in [0.1, 0.15) is 0 Å². The summed E-state index contributed by atoms with van der Waals surface area (Å²) in [6, 6.07) is 0. The Morgan fingerprint density at radius 1 is 1.62 bits per heavy atom. The maximum absolute atomic E-state index is 9.83. The second kappa shape index (κ2) is 2.10. The summed E-state index contributed by atoms with van der Waals surface area (Å²) < 4.78 is 22.2. The van der Waals surface area contributed by atoms with Gasteiger partial charge in [-0.2, -0.15) is 8.42 Å². The fourth-order valence-electron chi connectivity index (χ4n) is 0.179. The normalized spacial score (nSPS) is 10.8. The SMILES string of the molecule is CC(=O)[N]S(N)(=O)=O. The molecule has 0 saturated carbocycles. The minimum absolute atomic E-state index is 0.812. The predicted molar refractivity (Wildman–Crippen MR) is 25.9 cm³/mol. The topological polar surface area (TPSA) is 91.3 Å². The van der Waals surface area contributed by atoms with Crippen LogP contribution >= 0.6 is 0 Å². The van der Waals surface area contributed by atoms with Crippen LogP contribution in [-0.4, -0.2) is 14.3 Å². The lowest BCUT2D eigenvalue weighted by atomic mass is 10.8. The van der Waals surface area contributed by atoms with Crippen molar-refractivity contribution in [1.82, 2.24) is 4.72 Å². The first kappa shape index (κ1) is 7.38. The van der Waals surface area contributed by atoms with Gasteiger partial charge in [-0.15, -0.1) is 4.72 Å². The van der Waals surface area contributed by atoms with E-state index in [-0.39, 0.29) is 0 Å². The molecule has 0 aromatic carbocycles. The average molecular weight is 137 g/mol. The van der Waals surface area contributed by atoms with Crippen molar-refractivity contribution in [3.05, 3.63) is 0 Å². The zero-order valence-corrected chi connectivity index (χ0v) is 4.97. The van der Waals surface area contributed by atoms with Crippen LogP contribution in [0.1, 0.15) is 6.92 Å². The first-order valence-electron chi connectivity index (χ1n) is 1.68. The molecule has 0 spiro atoms. The van der Waals surface area contributed by atoms with Crippen LogP contribution in [0.15, 0.2) is 0 Å². The van der Waals surface area contributed by atoms with Gasteiger partial charge in [-0.1, -0.05) is 0 Å². The highest BCUT2D eigenvalue weighted by Gasteiger charge is 2.04. The molecule has 0 atom stereocenters. The van der Waals surface area contributed by atoms with Crippen LogP contribution in [0.2, 0.25) is 0 Å². The van der Waals surface area contributed by atoms with Crippen LogP contribution in [0.4, 0.5) is 0 Å². The summed E-state index contributed by atoms with van der Waals surface area (Å²) >= 11 is 0. The van der Waals surface area contributed by atoms with Crippen LogP contribution in [0.5, 0.6) is 0 Å². The predicted octanol–water partition coefficient (Wildman–Crippen LogP) is -1.66. The number of amides is 1. The third kappa shape index (κ3) is 5.38. The lowest BCUT2D eigenvalue weighted by Crippen LogP contribution is -2.27. The van der Waals surface area contributed by atoms with Crippen LogP contribution < -0.4 is 9.86 Å². The van der Waals surface area contributed by atoms with Crippen molar-refractivity contribution in [2.75, 3.05) is 0 Å². The highest BCUT2D eigenvalue weighted by Crippen LogP contribution is 1.69. The van der Waals surface area contributed by atoms with Gasteiger partial charge in [0.25, 0.3) is 5.91 Å². The quantitative estimate of drug-likeness (QED) is 0.469. The van der Waals surface area contributed by atoms with E-state index in [9.17, 15) is 13.2 Å². The summed E-state index contributed by atoms with van der Waals surface area (Å²) in [6.07, 6.45) is 0. The number of hydrogen-bond donors (Lipinski definition) is 1. The zero-order valence-electron chi connectivity index (χ0n) is 4.16. The van der Waals surface area contributed by atoms with E-state index in [2.05, 4.69) is 9.86 Å². The maximum Gasteiger partial charge on any atom is 0.320 e. The molecule has 5 nitrogen and oxygen atoms in total. The Morgan fingerprint density at radius 3 is 2.00 bits per heavy atom. The van der Waals surface area contributed by atoms with Crippen molar-refractivity contribution in [2.24, 2.45) is 5.14 Å². The van der Waals surface area contributed by atoms with E-state index in [4.69, 9.17) is 0 Å². The molecule has 2 N–H and O–H groups in total. The van der Waals surface area contributed by atoms with Gasteiger partial charge in [0, 0.05) is 6.92 Å². The van der Waals surface area contributed by atoms with Gasteiger partial charge in [-0.05, 0) is 0 Å². The Morgan fingerprint density at radius 2 is 2.00 bits per heavy atom. The van der Waals surface area contributed by atoms with Crippen LogP contribution in [0.3, 0.4) is 0 Å². The van der Waals surface area contributed by atoms with Crippen molar-refractivity contribution in [2.45, 2.75) is 6.92 Å². The van der Waals surface area contributed by atoms with Crippen LogP contribution in [-0.2, 0) is 15.0 Å². The van der Waals surface area contributed by atoms with Gasteiger partial charge in [-0.3, -0.25) is 4.79 Å². The van der Waals surface area contributed by atoms with Crippen LogP contribution in [0, 0.1) is 0 Å². The molecule has 0 aliphatic rings. The molecule has 1 amide bonds. The van der Waals surface area contributed by atoms with Crippen molar-refractivity contribution >= 4 is 16.1 Å². The molecule has 0 rings (SSSR count). The molecular formula is C2H5N2O3S. The molecule has 0 saturated heterocycles. The first-order valence-corrected chi connectivity index (χ1v) is 3.18. The second-order valence-corrected chi connectivity index (χ2v) is 2.34. The Hall–Kier alpha value is -0.620. The molecule has 0 aliphatic heterocycles. The Kier molecular flexibility index (Phi) is 1.94. The standard InChI is InChI=1S/C2H5N2O3S/c1-2(5)4-8(3,6)7/h1H3,(H2,3,6,7). The molecule has 0 aliphatic carbocycles. The third-order valence-electron chi connectivity index (χ3n) is 0.256. The summed E-state index contributed by atoms with van der Waals surface area (Å²) in [5.41, 5.74) is 0. The first-order chi connectivity index (χ1) is 3.42. The van der Waals surface area contributed by atoms with E-state index < -0.39 is 16.1 Å². The number of carbonyl (C=O) groups excluding carboxylic acids is 1. The molecule has 0 bridgehead atoms. The minimum atomic E-state index is -3.95. The molecule has 47 valence electrons. The molecule has 8 heavy (non-hydrogen) atoms. The van der Waals surface area contributed by atoms with Gasteiger partial charge >= 0.3 is 10.2 Å². The summed E-state index contributed by atoms with van der Waals surface area (Å²) in [6.45, 7) is 1.00. The fourth-order valence-corrected chi connectivity index (χ4v) is 0.538. The van der Waals surface area contributed by atoms with Gasteiger partial charge in [0.05, 0.1) is 0 Å². The number of carbonyl (C=O) groups is 1. The van der Waals surface area contributed by atoms with Crippen LogP contribution in [0.25, 0.3) is 0 Å². The van der Waals surface area contributed by atoms with Gasteiger partial charge < -0.3 is 0 Å². The van der Waals surface area contributed by atoms with E-state index in [1.165, 1.54) is 0 Å². The lowest BCUT2D eigenvalue weighted by Gasteiger charge is -1.88. The maximum atomic E-state index is 9.83. The minimum Gasteiger partial charge on any atom is -0.272 e. The van der Waals surface area contributed by atoms with Crippen molar-refractivity contribution in [1.29, 1.82) is 0 Å². The molecule has 0 fully saturated rings. The molecule has 0 aromatic rings. The van der Waals surface area contributed by atoms with Crippen molar-refractivity contribution in [3.63, 3.8) is 0 Å². The smallest absolute Gasteiger partial charge is 0.272 e. The van der Waals surface area contributed by atoms with E-state index in [1.807, 2.05) is 0 Å². The Bertz CT molecular complexity index is 181. The summed E-state index contributed by atoms with van der Waals surface area (Å²) in [7, 11) is -3.95. The largest absolute Gasteiger partial charge is 0.320 e. The average Bonchev–Trinajstić information content (AvgIpc) is 1.21. The number of hydrogen-bond acceptors (Lipinski definition) is 3. The third-order valence-corrected chi connectivity index (χ3v) is 0.767. The monoisotopic (exact) mass is 137 g/mol. The van der Waals surface area contributed by atoms with Crippen molar-refractivity contribution < 1.29 is 13.2 Å².